The molecule has 1 aromatic carbocycles. The molecule has 5 nitrogen and oxygen atoms in total. The van der Waals surface area contributed by atoms with Crippen molar-refractivity contribution in [3.8, 4) is 0 Å². The van der Waals surface area contributed by atoms with E-state index in [1.54, 1.807) is 19.9 Å². The van der Waals surface area contributed by atoms with E-state index in [0.717, 1.165) is 4.47 Å². The summed E-state index contributed by atoms with van der Waals surface area (Å²) in [6.45, 7) is 3.42. The monoisotopic (exact) mass is 389 g/mol. The van der Waals surface area contributed by atoms with Crippen LogP contribution in [0.5, 0.6) is 0 Å². The molecular weight excluding hydrogens is 378 g/mol. The predicted molar refractivity (Wildman–Crippen MR) is 88.1 cm³/mol. The number of anilines is 2. The third-order valence-corrected chi connectivity index (χ3v) is 5.10. The minimum Gasteiger partial charge on any atom is -0.397 e. The Hall–Kier alpha value is -1.31. The lowest BCUT2D eigenvalue weighted by Crippen LogP contribution is -2.16. The highest BCUT2D eigenvalue weighted by atomic mass is 79.9. The van der Waals surface area contributed by atoms with Crippen LogP contribution in [0, 0.1) is 13.8 Å². The Kier molecular flexibility index (Phi) is 4.46. The average Bonchev–Trinajstić information content (AvgIpc) is 2.37. The van der Waals surface area contributed by atoms with E-state index in [4.69, 9.17) is 17.3 Å². The number of nitrogens with one attached hydrogen (secondary N) is 1. The smallest absolute Gasteiger partial charge is 0.263 e. The Morgan fingerprint density at radius 3 is 2.52 bits per heavy atom. The molecule has 0 fully saturated rings. The van der Waals surface area contributed by atoms with E-state index < -0.39 is 10.0 Å². The van der Waals surface area contributed by atoms with Gasteiger partial charge in [0.25, 0.3) is 10.0 Å². The number of hydrogen-bond donors (Lipinski definition) is 2. The van der Waals surface area contributed by atoms with Gasteiger partial charge in [-0.15, -0.1) is 0 Å². The van der Waals surface area contributed by atoms with Gasteiger partial charge in [0.1, 0.15) is 5.82 Å². The van der Waals surface area contributed by atoms with Gasteiger partial charge in [0.05, 0.1) is 15.6 Å². The molecular formula is C13H13BrClN3O2S. The number of nitrogens with two attached hydrogens (primary N) is 1. The van der Waals surface area contributed by atoms with Crippen LogP contribution in [0.25, 0.3) is 0 Å². The topological polar surface area (TPSA) is 85.1 Å². The number of nitrogen functional groups attached to an aromatic ring is 1. The minimum absolute atomic E-state index is 0.0773. The zero-order valence-corrected chi connectivity index (χ0v) is 14.5. The second kappa shape index (κ2) is 5.82. The van der Waals surface area contributed by atoms with Gasteiger partial charge in [0.2, 0.25) is 0 Å². The second-order valence-corrected chi connectivity index (χ2v) is 7.54. The molecule has 2 rings (SSSR count). The molecule has 0 unspecified atom stereocenters. The normalized spacial score (nSPS) is 11.4. The Morgan fingerprint density at radius 1 is 1.24 bits per heavy atom. The van der Waals surface area contributed by atoms with Gasteiger partial charge in [0.15, 0.2) is 0 Å². The largest absolute Gasteiger partial charge is 0.397 e. The lowest BCUT2D eigenvalue weighted by atomic mass is 10.2. The van der Waals surface area contributed by atoms with Crippen molar-refractivity contribution in [2.24, 2.45) is 0 Å². The highest BCUT2D eigenvalue weighted by Crippen LogP contribution is 2.28. The number of pyridine rings is 1. The van der Waals surface area contributed by atoms with E-state index in [9.17, 15) is 8.42 Å². The van der Waals surface area contributed by atoms with Crippen LogP contribution in [0.4, 0.5) is 11.5 Å². The summed E-state index contributed by atoms with van der Waals surface area (Å²) >= 11 is 9.16. The first-order valence-electron chi connectivity index (χ1n) is 5.91. The molecule has 0 radical (unpaired) electrons. The van der Waals surface area contributed by atoms with Crippen LogP contribution in [0.2, 0.25) is 5.02 Å². The SMILES string of the molecule is Cc1cc(Cl)c(N)cc1S(=O)(=O)Nc1ncc(Br)cc1C. The van der Waals surface area contributed by atoms with Gasteiger partial charge in [-0.3, -0.25) is 4.72 Å². The van der Waals surface area contributed by atoms with Gasteiger partial charge >= 0.3 is 0 Å². The molecule has 0 aliphatic heterocycles. The van der Waals surface area contributed by atoms with E-state index >= 15 is 0 Å². The molecule has 0 bridgehead atoms. The van der Waals surface area contributed by atoms with Crippen molar-refractivity contribution in [1.82, 2.24) is 4.98 Å². The Morgan fingerprint density at radius 2 is 1.90 bits per heavy atom. The molecule has 0 aliphatic carbocycles. The van der Waals surface area contributed by atoms with Gasteiger partial charge < -0.3 is 5.73 Å². The zero-order valence-electron chi connectivity index (χ0n) is 11.3. The molecule has 0 saturated carbocycles. The fourth-order valence-corrected chi connectivity index (χ4v) is 3.79. The predicted octanol–water partition coefficient (Wildman–Crippen LogP) is 3.50. The number of aromatic nitrogens is 1. The summed E-state index contributed by atoms with van der Waals surface area (Å²) in [5.74, 6) is 0.270. The van der Waals surface area contributed by atoms with Crippen molar-refractivity contribution in [3.63, 3.8) is 0 Å². The second-order valence-electron chi connectivity index (χ2n) is 4.56. The Labute approximate surface area is 136 Å². The first-order chi connectivity index (χ1) is 9.70. The Balaban J connectivity index is 2.46. The molecule has 0 aliphatic rings. The molecule has 0 saturated heterocycles. The van der Waals surface area contributed by atoms with Crippen LogP contribution in [-0.2, 0) is 10.0 Å². The summed E-state index contributed by atoms with van der Waals surface area (Å²) in [5.41, 5.74) is 7.11. The third-order valence-electron chi connectivity index (χ3n) is 2.86. The van der Waals surface area contributed by atoms with Crippen molar-refractivity contribution >= 4 is 49.1 Å². The van der Waals surface area contributed by atoms with Crippen molar-refractivity contribution in [2.75, 3.05) is 10.5 Å². The number of halogens is 2. The van der Waals surface area contributed by atoms with Gasteiger partial charge in [-0.2, -0.15) is 0 Å². The van der Waals surface area contributed by atoms with E-state index in [1.807, 2.05) is 0 Å². The van der Waals surface area contributed by atoms with Crippen LogP contribution < -0.4 is 10.5 Å². The van der Waals surface area contributed by atoms with Gasteiger partial charge in [-0.1, -0.05) is 11.6 Å². The Bertz CT molecular complexity index is 809. The van der Waals surface area contributed by atoms with Crippen LogP contribution in [-0.4, -0.2) is 13.4 Å². The molecule has 0 amide bonds. The van der Waals surface area contributed by atoms with Crippen LogP contribution >= 0.6 is 27.5 Å². The van der Waals surface area contributed by atoms with Crippen molar-refractivity contribution in [1.29, 1.82) is 0 Å². The summed E-state index contributed by atoms with van der Waals surface area (Å²) in [7, 11) is -3.79. The average molecular weight is 391 g/mol. The fraction of sp³-hybridized carbons (Fsp3) is 0.154. The van der Waals surface area contributed by atoms with E-state index in [2.05, 4.69) is 25.6 Å². The number of benzene rings is 1. The molecule has 0 spiro atoms. The highest BCUT2D eigenvalue weighted by Gasteiger charge is 2.20. The highest BCUT2D eigenvalue weighted by molar-refractivity contribution is 9.10. The number of hydrogen-bond acceptors (Lipinski definition) is 4. The maximum absolute atomic E-state index is 12.5. The van der Waals surface area contributed by atoms with Crippen LogP contribution in [0.15, 0.2) is 33.8 Å². The first kappa shape index (κ1) is 16.1. The fourth-order valence-electron chi connectivity index (χ4n) is 1.79. The lowest BCUT2D eigenvalue weighted by molar-refractivity contribution is 0.600. The van der Waals surface area contributed by atoms with E-state index in [0.29, 0.717) is 16.1 Å². The van der Waals surface area contributed by atoms with Crippen LogP contribution in [0.3, 0.4) is 0 Å². The van der Waals surface area contributed by atoms with Gasteiger partial charge in [-0.25, -0.2) is 13.4 Å². The molecule has 1 aromatic heterocycles. The molecule has 2 aromatic rings. The molecule has 1 heterocycles. The first-order valence-corrected chi connectivity index (χ1v) is 8.56. The number of sulfonamides is 1. The number of nitrogens with zero attached hydrogens (tertiary/aromatic N) is 1. The molecule has 112 valence electrons. The molecule has 3 N–H and O–H groups in total. The van der Waals surface area contributed by atoms with E-state index in [1.165, 1.54) is 18.3 Å². The van der Waals surface area contributed by atoms with Gasteiger partial charge in [-0.05, 0) is 59.1 Å². The third kappa shape index (κ3) is 3.48. The standard InChI is InChI=1S/C13H13BrClN3O2S/c1-7-4-10(15)11(16)5-12(7)21(19,20)18-13-8(2)3-9(14)6-17-13/h3-6H,16H2,1-2H3,(H,17,18). The molecule has 0 atom stereocenters. The van der Waals surface area contributed by atoms with E-state index in [-0.39, 0.29) is 16.4 Å². The minimum atomic E-state index is -3.79. The summed E-state index contributed by atoms with van der Waals surface area (Å²) < 4.78 is 28.2. The van der Waals surface area contributed by atoms with Crippen molar-refractivity contribution in [2.45, 2.75) is 18.7 Å². The maximum atomic E-state index is 12.5. The van der Waals surface area contributed by atoms with Crippen LogP contribution in [0.1, 0.15) is 11.1 Å². The zero-order chi connectivity index (χ0) is 15.8. The lowest BCUT2D eigenvalue weighted by Gasteiger charge is -2.13. The van der Waals surface area contributed by atoms with Crippen molar-refractivity contribution < 1.29 is 8.42 Å². The number of aryl methyl sites for hydroxylation is 2. The number of rotatable bonds is 3. The van der Waals surface area contributed by atoms with Gasteiger partial charge in [0, 0.05) is 10.7 Å². The molecule has 21 heavy (non-hydrogen) atoms. The summed E-state index contributed by atoms with van der Waals surface area (Å²) in [6.07, 6.45) is 1.52. The summed E-state index contributed by atoms with van der Waals surface area (Å²) in [5, 5.41) is 0.324. The maximum Gasteiger partial charge on any atom is 0.263 e. The quantitative estimate of drug-likeness (QED) is 0.786. The summed E-state index contributed by atoms with van der Waals surface area (Å²) in [4.78, 5) is 4.14. The summed E-state index contributed by atoms with van der Waals surface area (Å²) in [6, 6.07) is 4.63. The van der Waals surface area contributed by atoms with Crippen molar-refractivity contribution in [3.05, 3.63) is 45.0 Å². The molecule has 8 heteroatoms.